The number of aliphatic hydroxyl groups is 1. The highest BCUT2D eigenvalue weighted by Crippen LogP contribution is 2.23. The standard InChI is InChI=1S/C11H15FN2O3S/c12-10-4-11(6-13-5-10)18(16,17)14-3-1-2-9(7-14)8-15/h4-6,9,15H,1-3,7-8H2/t9-/m0/s1. The molecule has 7 heteroatoms. The van der Waals surface area contributed by atoms with Gasteiger partial charge in [0.2, 0.25) is 10.0 Å². The predicted molar refractivity (Wildman–Crippen MR) is 62.8 cm³/mol. The Morgan fingerprint density at radius 1 is 1.50 bits per heavy atom. The zero-order valence-electron chi connectivity index (χ0n) is 9.79. The molecule has 0 saturated carbocycles. The number of hydrogen-bond acceptors (Lipinski definition) is 4. The average molecular weight is 274 g/mol. The summed E-state index contributed by atoms with van der Waals surface area (Å²) in [5, 5.41) is 9.10. The summed E-state index contributed by atoms with van der Waals surface area (Å²) in [6.07, 6.45) is 3.61. The monoisotopic (exact) mass is 274 g/mol. The van der Waals surface area contributed by atoms with E-state index < -0.39 is 15.8 Å². The fraction of sp³-hybridized carbons (Fsp3) is 0.545. The Bertz CT molecular complexity index is 521. The van der Waals surface area contributed by atoms with Crippen LogP contribution >= 0.6 is 0 Å². The van der Waals surface area contributed by atoms with Gasteiger partial charge in [0.15, 0.2) is 0 Å². The third kappa shape index (κ3) is 2.68. The number of piperidine rings is 1. The van der Waals surface area contributed by atoms with Gasteiger partial charge in [-0.05, 0) is 24.8 Å². The van der Waals surface area contributed by atoms with Crippen LogP contribution in [-0.2, 0) is 10.0 Å². The van der Waals surface area contributed by atoms with Crippen molar-refractivity contribution in [3.8, 4) is 0 Å². The van der Waals surface area contributed by atoms with Crippen LogP contribution in [0.25, 0.3) is 0 Å². The van der Waals surface area contributed by atoms with Crippen molar-refractivity contribution in [2.75, 3.05) is 19.7 Å². The molecule has 0 aliphatic carbocycles. The number of nitrogens with zero attached hydrogens (tertiary/aromatic N) is 2. The van der Waals surface area contributed by atoms with Gasteiger partial charge in [-0.15, -0.1) is 0 Å². The summed E-state index contributed by atoms with van der Waals surface area (Å²) >= 11 is 0. The molecule has 1 fully saturated rings. The van der Waals surface area contributed by atoms with Gasteiger partial charge in [-0.1, -0.05) is 0 Å². The van der Waals surface area contributed by atoms with E-state index >= 15 is 0 Å². The van der Waals surface area contributed by atoms with Crippen molar-refractivity contribution in [1.82, 2.24) is 9.29 Å². The Balaban J connectivity index is 2.25. The summed E-state index contributed by atoms with van der Waals surface area (Å²) in [5.74, 6) is -0.721. The molecule has 18 heavy (non-hydrogen) atoms. The molecule has 1 aliphatic rings. The molecule has 1 aliphatic heterocycles. The molecule has 1 aromatic heterocycles. The maximum atomic E-state index is 13.0. The molecule has 1 aromatic rings. The number of hydrogen-bond donors (Lipinski definition) is 1. The molecule has 0 bridgehead atoms. The SMILES string of the molecule is O=S(=O)(c1cncc(F)c1)N1CCC[C@H](CO)C1. The quantitative estimate of drug-likeness (QED) is 0.877. The van der Waals surface area contributed by atoms with Crippen LogP contribution in [0, 0.1) is 11.7 Å². The smallest absolute Gasteiger partial charge is 0.244 e. The molecule has 100 valence electrons. The molecule has 0 radical (unpaired) electrons. The minimum absolute atomic E-state index is 0.0343. The molecule has 1 saturated heterocycles. The van der Waals surface area contributed by atoms with Gasteiger partial charge >= 0.3 is 0 Å². The van der Waals surface area contributed by atoms with Gasteiger partial charge in [0.1, 0.15) is 10.7 Å². The summed E-state index contributed by atoms with van der Waals surface area (Å²) in [6.45, 7) is 0.637. The maximum Gasteiger partial charge on any atom is 0.244 e. The molecule has 5 nitrogen and oxygen atoms in total. The van der Waals surface area contributed by atoms with Crippen molar-refractivity contribution < 1.29 is 17.9 Å². The van der Waals surface area contributed by atoms with Gasteiger partial charge in [0.25, 0.3) is 0 Å². The molecule has 1 atom stereocenters. The first-order valence-corrected chi connectivity index (χ1v) is 7.19. The second kappa shape index (κ2) is 5.29. The number of aromatic nitrogens is 1. The van der Waals surface area contributed by atoms with E-state index in [0.29, 0.717) is 13.0 Å². The van der Waals surface area contributed by atoms with Gasteiger partial charge in [-0.2, -0.15) is 4.31 Å². The molecular weight excluding hydrogens is 259 g/mol. The van der Waals surface area contributed by atoms with Crippen molar-refractivity contribution in [3.63, 3.8) is 0 Å². The first-order chi connectivity index (χ1) is 8.54. The normalized spacial score (nSPS) is 22.0. The summed E-state index contributed by atoms with van der Waals surface area (Å²) in [4.78, 5) is 3.42. The van der Waals surface area contributed by atoms with Crippen LogP contribution in [0.15, 0.2) is 23.4 Å². The lowest BCUT2D eigenvalue weighted by atomic mass is 10.0. The molecule has 0 spiro atoms. The zero-order valence-corrected chi connectivity index (χ0v) is 10.6. The Labute approximate surface area is 105 Å². The minimum Gasteiger partial charge on any atom is -0.396 e. The first kappa shape index (κ1) is 13.4. The van der Waals surface area contributed by atoms with Crippen LogP contribution in [0.4, 0.5) is 4.39 Å². The molecule has 2 rings (SSSR count). The molecule has 0 amide bonds. The van der Waals surface area contributed by atoms with E-state index in [-0.39, 0.29) is 24.0 Å². The highest BCUT2D eigenvalue weighted by atomic mass is 32.2. The lowest BCUT2D eigenvalue weighted by Gasteiger charge is -2.30. The molecule has 1 N–H and O–H groups in total. The second-order valence-electron chi connectivity index (χ2n) is 4.39. The van der Waals surface area contributed by atoms with Crippen LogP contribution in [0.5, 0.6) is 0 Å². The van der Waals surface area contributed by atoms with E-state index in [1.165, 1.54) is 4.31 Å². The largest absolute Gasteiger partial charge is 0.396 e. The number of halogens is 1. The van der Waals surface area contributed by atoms with Crippen molar-refractivity contribution >= 4 is 10.0 Å². The molecular formula is C11H15FN2O3S. The maximum absolute atomic E-state index is 13.0. The van der Waals surface area contributed by atoms with E-state index in [4.69, 9.17) is 5.11 Å². The molecule has 0 unspecified atom stereocenters. The molecule has 0 aromatic carbocycles. The number of sulfonamides is 1. The van der Waals surface area contributed by atoms with E-state index in [0.717, 1.165) is 24.9 Å². The van der Waals surface area contributed by atoms with Gasteiger partial charge in [0.05, 0.1) is 6.20 Å². The minimum atomic E-state index is -3.71. The third-order valence-corrected chi connectivity index (χ3v) is 4.89. The van der Waals surface area contributed by atoms with Crippen molar-refractivity contribution in [2.24, 2.45) is 5.92 Å². The van der Waals surface area contributed by atoms with Crippen molar-refractivity contribution in [3.05, 3.63) is 24.3 Å². The Morgan fingerprint density at radius 3 is 2.94 bits per heavy atom. The van der Waals surface area contributed by atoms with E-state index in [1.807, 2.05) is 0 Å². The summed E-state index contributed by atoms with van der Waals surface area (Å²) in [5.41, 5.74) is 0. The highest BCUT2D eigenvalue weighted by molar-refractivity contribution is 7.89. The number of aliphatic hydroxyl groups excluding tert-OH is 1. The third-order valence-electron chi connectivity index (χ3n) is 3.06. The van der Waals surface area contributed by atoms with Crippen LogP contribution in [-0.4, -0.2) is 42.5 Å². The topological polar surface area (TPSA) is 70.5 Å². The van der Waals surface area contributed by atoms with Gasteiger partial charge in [-0.3, -0.25) is 4.98 Å². The van der Waals surface area contributed by atoms with Crippen molar-refractivity contribution in [2.45, 2.75) is 17.7 Å². The number of rotatable bonds is 3. The summed E-state index contributed by atoms with van der Waals surface area (Å²) < 4.78 is 38.8. The predicted octanol–water partition coefficient (Wildman–Crippen LogP) is 0.614. The van der Waals surface area contributed by atoms with Gasteiger partial charge < -0.3 is 5.11 Å². The van der Waals surface area contributed by atoms with E-state index in [9.17, 15) is 12.8 Å². The lowest BCUT2D eigenvalue weighted by Crippen LogP contribution is -2.40. The average Bonchev–Trinajstić information content (AvgIpc) is 2.39. The van der Waals surface area contributed by atoms with E-state index in [1.54, 1.807) is 0 Å². The fourth-order valence-corrected chi connectivity index (χ4v) is 3.61. The van der Waals surface area contributed by atoms with Gasteiger partial charge in [0, 0.05) is 25.9 Å². The summed E-state index contributed by atoms with van der Waals surface area (Å²) in [6, 6.07) is 0.963. The highest BCUT2D eigenvalue weighted by Gasteiger charge is 2.30. The van der Waals surface area contributed by atoms with Crippen LogP contribution < -0.4 is 0 Å². The van der Waals surface area contributed by atoms with Crippen LogP contribution in [0.3, 0.4) is 0 Å². The first-order valence-electron chi connectivity index (χ1n) is 5.75. The van der Waals surface area contributed by atoms with E-state index in [2.05, 4.69) is 4.98 Å². The van der Waals surface area contributed by atoms with Crippen LogP contribution in [0.1, 0.15) is 12.8 Å². The fourth-order valence-electron chi connectivity index (χ4n) is 2.08. The molecule has 2 heterocycles. The lowest BCUT2D eigenvalue weighted by molar-refractivity contribution is 0.165. The Hall–Kier alpha value is -1.05. The number of pyridine rings is 1. The summed E-state index contributed by atoms with van der Waals surface area (Å²) in [7, 11) is -3.71. The zero-order chi connectivity index (χ0) is 13.2. The Morgan fingerprint density at radius 2 is 2.28 bits per heavy atom. The van der Waals surface area contributed by atoms with Crippen molar-refractivity contribution in [1.29, 1.82) is 0 Å². The van der Waals surface area contributed by atoms with Crippen LogP contribution in [0.2, 0.25) is 0 Å². The second-order valence-corrected chi connectivity index (χ2v) is 6.33. The van der Waals surface area contributed by atoms with Gasteiger partial charge in [-0.25, -0.2) is 12.8 Å². The Kier molecular flexibility index (Phi) is 3.94.